The number of aliphatic hydroxyl groups excluding tert-OH is 1. The molecule has 0 bridgehead atoms. The molecule has 1 aromatic heterocycles. The molecule has 3 N–H and O–H groups in total. The van der Waals surface area contributed by atoms with Gasteiger partial charge in [-0.15, -0.1) is 15.7 Å². The number of aromatic nitrogens is 1. The zero-order valence-corrected chi connectivity index (χ0v) is 19.5. The molecule has 2 rings (SSSR count). The minimum Gasteiger partial charge on any atom is -0.393 e. The number of thiol groups is 1. The van der Waals surface area contributed by atoms with Crippen molar-refractivity contribution in [1.82, 2.24) is 4.98 Å². The fourth-order valence-corrected chi connectivity index (χ4v) is 4.71. The number of anilines is 1. The molecule has 1 heterocycles. The Kier molecular flexibility index (Phi) is 7.88. The van der Waals surface area contributed by atoms with Gasteiger partial charge in [-0.05, 0) is 30.4 Å². The molecule has 0 aliphatic carbocycles. The first-order valence-electron chi connectivity index (χ1n) is 9.48. The number of carbonyl (C=O) groups is 1. The lowest BCUT2D eigenvalue weighted by Gasteiger charge is -2.21. The molecular weight excluding hydrogens is 443 g/mol. The molecule has 11 heteroatoms. The molecule has 8 nitrogen and oxygen atoms in total. The molecule has 0 saturated carbocycles. The molecule has 0 aliphatic heterocycles. The number of hydrogen-bond donors (Lipinski definition) is 4. The van der Waals surface area contributed by atoms with Gasteiger partial charge in [0, 0.05) is 5.56 Å². The Labute approximate surface area is 186 Å². The van der Waals surface area contributed by atoms with E-state index < -0.39 is 34.7 Å². The van der Waals surface area contributed by atoms with Crippen LogP contribution in [0.5, 0.6) is 0 Å². The summed E-state index contributed by atoms with van der Waals surface area (Å²) >= 11 is 0.870. The Bertz CT molecular complexity index is 1110. The largest absolute Gasteiger partial charge is 0.393 e. The van der Waals surface area contributed by atoms with E-state index in [9.17, 15) is 28.9 Å². The van der Waals surface area contributed by atoms with Crippen LogP contribution in [0.15, 0.2) is 20.8 Å². The van der Waals surface area contributed by atoms with Gasteiger partial charge in [0.05, 0.1) is 34.7 Å². The highest BCUT2D eigenvalue weighted by Crippen LogP contribution is 2.36. The fraction of sp³-hybridized carbons (Fsp3) is 0.450. The summed E-state index contributed by atoms with van der Waals surface area (Å²) in [7, 11) is -2.53. The topological polar surface area (TPSA) is 136 Å². The number of thiazole rings is 1. The van der Waals surface area contributed by atoms with Crippen LogP contribution < -0.4 is 5.32 Å². The van der Waals surface area contributed by atoms with Gasteiger partial charge in [-0.3, -0.25) is 0 Å². The van der Waals surface area contributed by atoms with Gasteiger partial charge in [0.15, 0.2) is 0 Å². The Balaban J connectivity index is 2.45. The van der Waals surface area contributed by atoms with Gasteiger partial charge in [0.2, 0.25) is 0 Å². The molecule has 0 saturated heterocycles. The zero-order chi connectivity index (χ0) is 23.5. The van der Waals surface area contributed by atoms with Crippen LogP contribution in [-0.4, -0.2) is 32.0 Å². The molecule has 2 atom stereocenters. The highest BCUT2D eigenvalue weighted by atomic mass is 32.2. The predicted molar refractivity (Wildman–Crippen MR) is 117 cm³/mol. The maximum atomic E-state index is 14.8. The van der Waals surface area contributed by atoms with Crippen LogP contribution in [0.3, 0.4) is 0 Å². The second-order valence-corrected chi connectivity index (χ2v) is 10.3. The van der Waals surface area contributed by atoms with Crippen molar-refractivity contribution in [3.05, 3.63) is 39.8 Å². The summed E-state index contributed by atoms with van der Waals surface area (Å²) in [6.45, 7) is 7.95. The van der Waals surface area contributed by atoms with E-state index in [1.54, 1.807) is 13.8 Å². The van der Waals surface area contributed by atoms with Crippen LogP contribution >= 0.6 is 11.3 Å². The highest BCUT2D eigenvalue weighted by Gasteiger charge is 2.26. The van der Waals surface area contributed by atoms with Crippen LogP contribution in [0.25, 0.3) is 0 Å². The van der Waals surface area contributed by atoms with Crippen molar-refractivity contribution in [2.45, 2.75) is 56.3 Å². The molecular formula is C20H25FN4O4S2. The lowest BCUT2D eigenvalue weighted by Crippen LogP contribution is -2.25. The number of amides is 2. The minimum atomic E-state index is -2.53. The number of rotatable bonds is 6. The molecule has 0 aliphatic rings. The van der Waals surface area contributed by atoms with E-state index in [2.05, 4.69) is 14.7 Å². The van der Waals surface area contributed by atoms with Gasteiger partial charge in [-0.25, -0.2) is 18.4 Å². The van der Waals surface area contributed by atoms with Gasteiger partial charge in [-0.2, -0.15) is 5.26 Å². The van der Waals surface area contributed by atoms with Crippen molar-refractivity contribution >= 4 is 33.7 Å². The van der Waals surface area contributed by atoms with E-state index in [0.29, 0.717) is 5.56 Å². The van der Waals surface area contributed by atoms with E-state index >= 15 is 0 Å². The Morgan fingerprint density at radius 2 is 2.06 bits per heavy atom. The molecule has 0 fully saturated rings. The number of hydrogen-bond acceptors (Lipinski definition) is 7. The molecule has 1 aromatic carbocycles. The zero-order valence-electron chi connectivity index (χ0n) is 17.8. The van der Waals surface area contributed by atoms with Gasteiger partial charge in [0.1, 0.15) is 26.7 Å². The van der Waals surface area contributed by atoms with E-state index in [0.717, 1.165) is 11.3 Å². The number of halogens is 1. The number of benzene rings is 1. The van der Waals surface area contributed by atoms with Crippen molar-refractivity contribution in [3.63, 3.8) is 0 Å². The van der Waals surface area contributed by atoms with Gasteiger partial charge in [-0.1, -0.05) is 27.7 Å². The SMILES string of the molecule is CC(C)c1cc(C#N)c(F)c(C(C)C)c1NC(=O)N=[SH](=O)c1cnc(C(C)(O)CO)s1. The van der Waals surface area contributed by atoms with Gasteiger partial charge in [0.25, 0.3) is 0 Å². The molecule has 2 amide bonds. The molecule has 31 heavy (non-hydrogen) atoms. The van der Waals surface area contributed by atoms with Crippen LogP contribution in [0.2, 0.25) is 0 Å². The van der Waals surface area contributed by atoms with Crippen LogP contribution in [0, 0.1) is 17.1 Å². The molecule has 0 spiro atoms. The summed E-state index contributed by atoms with van der Waals surface area (Å²) in [6.07, 6.45) is 1.22. The maximum absolute atomic E-state index is 14.8. The number of carbonyl (C=O) groups excluding carboxylic acids is 1. The van der Waals surface area contributed by atoms with Crippen molar-refractivity contribution in [2.24, 2.45) is 4.36 Å². The number of nitriles is 1. The minimum absolute atomic E-state index is 0.110. The summed E-state index contributed by atoms with van der Waals surface area (Å²) in [5, 5.41) is 31.2. The average Bonchev–Trinajstić information content (AvgIpc) is 3.19. The lowest BCUT2D eigenvalue weighted by molar-refractivity contribution is -0.00244. The van der Waals surface area contributed by atoms with Gasteiger partial charge >= 0.3 is 6.03 Å². The highest BCUT2D eigenvalue weighted by molar-refractivity contribution is 7.78. The van der Waals surface area contributed by atoms with Crippen LogP contribution in [-0.2, 0) is 16.2 Å². The molecule has 2 aromatic rings. The molecule has 2 unspecified atom stereocenters. The second kappa shape index (κ2) is 9.82. The second-order valence-electron chi connectivity index (χ2n) is 7.78. The van der Waals surface area contributed by atoms with E-state index in [-0.39, 0.29) is 37.9 Å². The number of nitrogens with one attached hydrogen (secondary N) is 1. The number of urea groups is 1. The number of aliphatic hydroxyl groups is 2. The third-order valence-electron chi connectivity index (χ3n) is 4.51. The first kappa shape index (κ1) is 24.9. The van der Waals surface area contributed by atoms with Crippen molar-refractivity contribution in [2.75, 3.05) is 11.9 Å². The maximum Gasteiger partial charge on any atom is 0.353 e. The van der Waals surface area contributed by atoms with E-state index in [4.69, 9.17) is 0 Å². The molecule has 168 valence electrons. The summed E-state index contributed by atoms with van der Waals surface area (Å²) < 4.78 is 31.1. The predicted octanol–water partition coefficient (Wildman–Crippen LogP) is 3.86. The first-order valence-corrected chi connectivity index (χ1v) is 11.5. The summed E-state index contributed by atoms with van der Waals surface area (Å²) in [4.78, 5) is 16.4. The smallest absolute Gasteiger partial charge is 0.353 e. The monoisotopic (exact) mass is 468 g/mol. The lowest BCUT2D eigenvalue weighted by atomic mass is 9.90. The first-order chi connectivity index (χ1) is 14.4. The Morgan fingerprint density at radius 3 is 2.58 bits per heavy atom. The normalized spacial score (nSPS) is 14.5. The quantitative estimate of drug-likeness (QED) is 0.476. The van der Waals surface area contributed by atoms with E-state index in [1.165, 1.54) is 19.2 Å². The van der Waals surface area contributed by atoms with Crippen LogP contribution in [0.1, 0.15) is 68.2 Å². The van der Waals surface area contributed by atoms with Crippen molar-refractivity contribution < 1.29 is 23.6 Å². The Morgan fingerprint density at radius 1 is 1.42 bits per heavy atom. The van der Waals surface area contributed by atoms with Crippen molar-refractivity contribution in [3.8, 4) is 6.07 Å². The van der Waals surface area contributed by atoms with Crippen LogP contribution in [0.4, 0.5) is 14.9 Å². The Hall–Kier alpha value is -2.39. The standard InChI is InChI=1S/C20H25FN4O4S2/c1-10(2)13-6-12(7-22)16(21)15(11(3)4)17(13)24-19(27)25-31(29)14-8-23-18(30-14)20(5,28)9-26/h6,8,10-11,26,28,31H,9H2,1-5H3,(H,24,27). The molecule has 0 radical (unpaired) electrons. The summed E-state index contributed by atoms with van der Waals surface area (Å²) in [5.74, 6) is -1.17. The third-order valence-corrected chi connectivity index (χ3v) is 7.17. The fourth-order valence-electron chi connectivity index (χ4n) is 2.85. The summed E-state index contributed by atoms with van der Waals surface area (Å²) in [6, 6.07) is 2.30. The van der Waals surface area contributed by atoms with Crippen molar-refractivity contribution in [1.29, 1.82) is 5.26 Å². The average molecular weight is 469 g/mol. The number of nitrogens with zero attached hydrogens (tertiary/aromatic N) is 3. The third kappa shape index (κ3) is 5.46. The van der Waals surface area contributed by atoms with Gasteiger partial charge < -0.3 is 15.5 Å². The van der Waals surface area contributed by atoms with E-state index in [1.807, 2.05) is 19.9 Å². The summed E-state index contributed by atoms with van der Waals surface area (Å²) in [5.41, 5.74) is -0.742.